The van der Waals surface area contributed by atoms with E-state index in [9.17, 15) is 13.2 Å². The number of likely N-dealkylation sites (tertiary alicyclic amines) is 1. The molecule has 2 aliphatic heterocycles. The summed E-state index contributed by atoms with van der Waals surface area (Å²) < 4.78 is 43.7. The minimum Gasteiger partial charge on any atom is -0.487 e. The Morgan fingerprint density at radius 1 is 1.20 bits per heavy atom. The first-order chi connectivity index (χ1) is 19.1. The van der Waals surface area contributed by atoms with E-state index in [4.69, 9.17) is 9.47 Å². The van der Waals surface area contributed by atoms with Crippen molar-refractivity contribution in [2.45, 2.75) is 87.8 Å². The Kier molecular flexibility index (Phi) is 6.87. The number of sulfonamides is 1. The van der Waals surface area contributed by atoms with Gasteiger partial charge in [-0.05, 0) is 60.8 Å². The predicted molar refractivity (Wildman–Crippen MR) is 155 cm³/mol. The van der Waals surface area contributed by atoms with E-state index in [1.54, 1.807) is 0 Å². The maximum atomic E-state index is 13.7. The van der Waals surface area contributed by atoms with Crippen LogP contribution in [0.2, 0.25) is 0 Å². The number of benzene rings is 2. The van der Waals surface area contributed by atoms with E-state index in [1.807, 2.05) is 42.5 Å². The maximum absolute atomic E-state index is 13.7. The number of piperidine rings is 1. The molecule has 7 nitrogen and oxygen atoms in total. The van der Waals surface area contributed by atoms with Gasteiger partial charge in [-0.25, -0.2) is 13.1 Å². The average molecular weight is 565 g/mol. The maximum Gasteiger partial charge on any atom is 0.303 e. The molecule has 2 aromatic carbocycles. The average Bonchev–Trinajstić information content (AvgIpc) is 3.23. The summed E-state index contributed by atoms with van der Waals surface area (Å²) in [6, 6.07) is 13.5. The zero-order valence-corrected chi connectivity index (χ0v) is 24.5. The van der Waals surface area contributed by atoms with Crippen molar-refractivity contribution in [3.63, 3.8) is 0 Å². The summed E-state index contributed by atoms with van der Waals surface area (Å²) in [6.45, 7) is 11.2. The number of rotatable bonds is 9. The highest BCUT2D eigenvalue weighted by atomic mass is 32.2. The number of esters is 1. The summed E-state index contributed by atoms with van der Waals surface area (Å²) in [7, 11) is -3.68. The molecule has 2 aliphatic carbocycles. The lowest BCUT2D eigenvalue weighted by Gasteiger charge is -2.65. The van der Waals surface area contributed by atoms with E-state index >= 15 is 0 Å². The topological polar surface area (TPSA) is 84.9 Å². The van der Waals surface area contributed by atoms with Crippen LogP contribution in [0, 0.1) is 5.92 Å². The number of ether oxygens (including phenoxy) is 2. The Bertz CT molecular complexity index is 1440. The van der Waals surface area contributed by atoms with Crippen LogP contribution in [-0.4, -0.2) is 56.2 Å². The van der Waals surface area contributed by atoms with E-state index in [0.29, 0.717) is 25.3 Å². The minimum atomic E-state index is -3.68. The molecule has 40 heavy (non-hydrogen) atoms. The number of nitrogens with one attached hydrogen (secondary N) is 1. The second-order valence-corrected chi connectivity index (χ2v) is 14.2. The van der Waals surface area contributed by atoms with Crippen molar-refractivity contribution >= 4 is 16.0 Å². The van der Waals surface area contributed by atoms with Crippen molar-refractivity contribution in [1.29, 1.82) is 0 Å². The molecule has 214 valence electrons. The highest BCUT2D eigenvalue weighted by molar-refractivity contribution is 7.88. The van der Waals surface area contributed by atoms with Gasteiger partial charge in [0.1, 0.15) is 17.5 Å². The fourth-order valence-corrected chi connectivity index (χ4v) is 9.83. The number of carbonyl (C=O) groups excluding carboxylic acids is 1. The second-order valence-electron chi connectivity index (χ2n) is 12.4. The Morgan fingerprint density at radius 3 is 2.70 bits per heavy atom. The lowest BCUT2D eigenvalue weighted by molar-refractivity contribution is -0.217. The summed E-state index contributed by atoms with van der Waals surface area (Å²) in [5.41, 5.74) is 2.80. The fraction of sp³-hybridized carbons (Fsp3) is 0.531. The van der Waals surface area contributed by atoms with Crippen LogP contribution >= 0.6 is 0 Å². The molecule has 0 amide bonds. The van der Waals surface area contributed by atoms with Crippen molar-refractivity contribution in [1.82, 2.24) is 9.62 Å². The zero-order chi connectivity index (χ0) is 28.3. The smallest absolute Gasteiger partial charge is 0.303 e. The van der Waals surface area contributed by atoms with Gasteiger partial charge in [0.15, 0.2) is 0 Å². The quantitative estimate of drug-likeness (QED) is 0.362. The monoisotopic (exact) mass is 564 g/mol. The second kappa shape index (κ2) is 10.00. The van der Waals surface area contributed by atoms with Crippen LogP contribution in [0.3, 0.4) is 0 Å². The third-order valence-electron chi connectivity index (χ3n) is 9.54. The molecule has 6 rings (SSSR count). The molecule has 0 radical (unpaired) electrons. The van der Waals surface area contributed by atoms with Crippen LogP contribution in [0.1, 0.15) is 62.3 Å². The van der Waals surface area contributed by atoms with Crippen molar-refractivity contribution in [2.75, 3.05) is 13.1 Å². The first-order valence-corrected chi connectivity index (χ1v) is 16.2. The third-order valence-corrected chi connectivity index (χ3v) is 10.9. The van der Waals surface area contributed by atoms with E-state index in [0.717, 1.165) is 48.2 Å². The van der Waals surface area contributed by atoms with Crippen molar-refractivity contribution in [2.24, 2.45) is 5.92 Å². The number of hydrogen-bond donors (Lipinski definition) is 1. The van der Waals surface area contributed by atoms with Gasteiger partial charge in [0.2, 0.25) is 10.0 Å². The van der Waals surface area contributed by atoms with Crippen LogP contribution in [0.5, 0.6) is 5.75 Å². The molecule has 2 heterocycles. The molecular weight excluding hydrogens is 524 g/mol. The molecule has 0 unspecified atom stereocenters. The summed E-state index contributed by atoms with van der Waals surface area (Å²) in [5.74, 6) is 0.837. The van der Waals surface area contributed by atoms with Gasteiger partial charge >= 0.3 is 5.97 Å². The summed E-state index contributed by atoms with van der Waals surface area (Å²) in [5, 5.41) is 0. The SMILES string of the molecule is C=CCN1CC[C@]23c4c5cccc4O[C@H]2[C@H](NS(=O)(=O)Cc2ccccc2CC(C)C)CC[C@@]3(OC(C)=O)[C@H]1C5. The summed E-state index contributed by atoms with van der Waals surface area (Å²) in [4.78, 5) is 15.1. The lowest BCUT2D eigenvalue weighted by Crippen LogP contribution is -2.79. The van der Waals surface area contributed by atoms with Gasteiger partial charge in [0.25, 0.3) is 0 Å². The van der Waals surface area contributed by atoms with Gasteiger partial charge in [-0.3, -0.25) is 9.69 Å². The highest BCUT2D eigenvalue weighted by Crippen LogP contribution is 2.65. The van der Waals surface area contributed by atoms with Gasteiger partial charge in [0.05, 0.1) is 23.3 Å². The van der Waals surface area contributed by atoms with Crippen LogP contribution < -0.4 is 9.46 Å². The normalized spacial score (nSPS) is 30.4. The Balaban J connectivity index is 1.38. The first kappa shape index (κ1) is 27.5. The van der Waals surface area contributed by atoms with Gasteiger partial charge in [-0.15, -0.1) is 6.58 Å². The molecule has 1 saturated carbocycles. The van der Waals surface area contributed by atoms with Crippen molar-refractivity contribution in [3.05, 3.63) is 77.4 Å². The van der Waals surface area contributed by atoms with Gasteiger partial charge < -0.3 is 9.47 Å². The first-order valence-electron chi connectivity index (χ1n) is 14.5. The number of hydrogen-bond acceptors (Lipinski definition) is 6. The van der Waals surface area contributed by atoms with E-state index in [-0.39, 0.29) is 17.8 Å². The van der Waals surface area contributed by atoms with E-state index in [2.05, 4.69) is 36.1 Å². The molecule has 2 aromatic rings. The Labute approximate surface area is 238 Å². The number of carbonyl (C=O) groups is 1. The third kappa shape index (κ3) is 4.22. The van der Waals surface area contributed by atoms with Gasteiger partial charge in [0, 0.05) is 25.6 Å². The zero-order valence-electron chi connectivity index (χ0n) is 23.7. The van der Waals surface area contributed by atoms with Crippen molar-refractivity contribution in [3.8, 4) is 5.75 Å². The van der Waals surface area contributed by atoms with Crippen LogP contribution in [0.25, 0.3) is 0 Å². The van der Waals surface area contributed by atoms with Crippen LogP contribution in [0.4, 0.5) is 0 Å². The number of nitrogens with zero attached hydrogens (tertiary/aromatic N) is 1. The molecule has 1 saturated heterocycles. The Morgan fingerprint density at radius 2 is 1.98 bits per heavy atom. The molecule has 2 fully saturated rings. The molecule has 0 aromatic heterocycles. The van der Waals surface area contributed by atoms with Gasteiger partial charge in [-0.2, -0.15) is 0 Å². The summed E-state index contributed by atoms with van der Waals surface area (Å²) >= 11 is 0. The Hall–Kier alpha value is -2.68. The van der Waals surface area contributed by atoms with E-state index < -0.39 is 33.2 Å². The standard InChI is InChI=1S/C32H40N2O5S/c1-5-16-34-17-15-31-29-24-11-8-12-27(29)38-30(31)26(13-14-32(31,28(34)19-24)39-22(4)35)33-40(36,37)20-25-10-7-6-9-23(25)18-21(2)3/h5-12,21,26,28,30,33H,1,13-20H2,2-4H3/t26-,28-,30+,31+,32-/m1/s1. The molecule has 1 N–H and O–H groups in total. The summed E-state index contributed by atoms with van der Waals surface area (Å²) in [6.07, 6.45) is 4.83. The van der Waals surface area contributed by atoms with Gasteiger partial charge in [-0.1, -0.05) is 56.3 Å². The lowest BCUT2D eigenvalue weighted by atomic mass is 9.48. The molecule has 2 bridgehead atoms. The molecule has 1 spiro atoms. The fourth-order valence-electron chi connectivity index (χ4n) is 8.35. The van der Waals surface area contributed by atoms with E-state index in [1.165, 1.54) is 12.5 Å². The molecule has 5 atom stereocenters. The molecule has 4 aliphatic rings. The van der Waals surface area contributed by atoms with Crippen LogP contribution in [0.15, 0.2) is 55.1 Å². The minimum absolute atomic E-state index is 0.0319. The molecular formula is C32H40N2O5S. The van der Waals surface area contributed by atoms with Crippen molar-refractivity contribution < 1.29 is 22.7 Å². The predicted octanol–water partition coefficient (Wildman–Crippen LogP) is 4.28. The highest BCUT2D eigenvalue weighted by Gasteiger charge is 2.75. The van der Waals surface area contributed by atoms with Crippen LogP contribution in [-0.2, 0) is 43.6 Å². The largest absolute Gasteiger partial charge is 0.487 e. The molecule has 8 heteroatoms.